The van der Waals surface area contributed by atoms with Gasteiger partial charge in [0.25, 0.3) is 0 Å². The first-order valence-corrected chi connectivity index (χ1v) is 8.27. The third-order valence-corrected chi connectivity index (χ3v) is 5.31. The lowest BCUT2D eigenvalue weighted by molar-refractivity contribution is 0.955. The van der Waals surface area contributed by atoms with Crippen LogP contribution in [0.2, 0.25) is 0 Å². The Bertz CT molecular complexity index is 488. The first-order valence-electron chi connectivity index (χ1n) is 5.25. The molecule has 0 amide bonds. The minimum atomic E-state index is 0.964. The molecule has 17 heavy (non-hydrogen) atoms. The van der Waals surface area contributed by atoms with Gasteiger partial charge in [-0.1, -0.05) is 64.2 Å². The molecule has 0 unspecified atom stereocenters. The SMILES string of the molecule is CSc1nnc(SCc2cc(C)cc(C)c2)s1. The lowest BCUT2D eigenvalue weighted by Crippen LogP contribution is -1.85. The Balaban J connectivity index is 2.01. The van der Waals surface area contributed by atoms with Gasteiger partial charge in [0.1, 0.15) is 0 Å². The summed E-state index contributed by atoms with van der Waals surface area (Å²) < 4.78 is 2.08. The van der Waals surface area contributed by atoms with Gasteiger partial charge in [-0.15, -0.1) is 10.2 Å². The van der Waals surface area contributed by atoms with E-state index in [9.17, 15) is 0 Å². The molecule has 5 heteroatoms. The van der Waals surface area contributed by atoms with Crippen LogP contribution in [0.25, 0.3) is 0 Å². The molecule has 2 rings (SSSR count). The van der Waals surface area contributed by atoms with Gasteiger partial charge in [-0.25, -0.2) is 0 Å². The van der Waals surface area contributed by atoms with Crippen LogP contribution >= 0.6 is 34.9 Å². The van der Waals surface area contributed by atoms with Crippen molar-refractivity contribution in [1.82, 2.24) is 10.2 Å². The first-order chi connectivity index (χ1) is 8.17. The van der Waals surface area contributed by atoms with Crippen molar-refractivity contribution in [1.29, 1.82) is 0 Å². The molecule has 0 saturated carbocycles. The second-order valence-corrected chi connectivity index (χ2v) is 7.08. The summed E-state index contributed by atoms with van der Waals surface area (Å²) in [6.07, 6.45) is 2.03. The summed E-state index contributed by atoms with van der Waals surface area (Å²) in [5.74, 6) is 0.964. The van der Waals surface area contributed by atoms with Crippen molar-refractivity contribution in [2.24, 2.45) is 0 Å². The Morgan fingerprint density at radius 1 is 1.06 bits per heavy atom. The Morgan fingerprint density at radius 2 is 1.71 bits per heavy atom. The van der Waals surface area contributed by atoms with Gasteiger partial charge in [0.2, 0.25) is 0 Å². The van der Waals surface area contributed by atoms with Gasteiger partial charge in [-0.05, 0) is 25.7 Å². The van der Waals surface area contributed by atoms with E-state index in [1.165, 1.54) is 16.7 Å². The average Bonchev–Trinajstić information content (AvgIpc) is 2.73. The fourth-order valence-corrected chi connectivity index (χ4v) is 4.00. The van der Waals surface area contributed by atoms with Crippen molar-refractivity contribution in [2.45, 2.75) is 28.3 Å². The van der Waals surface area contributed by atoms with E-state index in [1.807, 2.05) is 6.26 Å². The topological polar surface area (TPSA) is 25.8 Å². The lowest BCUT2D eigenvalue weighted by Gasteiger charge is -2.02. The summed E-state index contributed by atoms with van der Waals surface area (Å²) in [6, 6.07) is 6.66. The molecule has 0 N–H and O–H groups in total. The van der Waals surface area contributed by atoms with Crippen LogP contribution in [-0.2, 0) is 5.75 Å². The number of benzene rings is 1. The van der Waals surface area contributed by atoms with Crippen molar-refractivity contribution in [2.75, 3.05) is 6.26 Å². The highest BCUT2D eigenvalue weighted by molar-refractivity contribution is 8.02. The van der Waals surface area contributed by atoms with E-state index in [0.29, 0.717) is 0 Å². The zero-order valence-electron chi connectivity index (χ0n) is 10.1. The molecule has 2 nitrogen and oxygen atoms in total. The molecular formula is C12H14N2S3. The molecule has 0 radical (unpaired) electrons. The molecule has 1 heterocycles. The second kappa shape index (κ2) is 5.89. The van der Waals surface area contributed by atoms with Crippen molar-refractivity contribution in [3.05, 3.63) is 34.9 Å². The second-order valence-electron chi connectivity index (χ2n) is 3.82. The van der Waals surface area contributed by atoms with Crippen LogP contribution in [0.5, 0.6) is 0 Å². The van der Waals surface area contributed by atoms with E-state index in [2.05, 4.69) is 42.2 Å². The number of rotatable bonds is 4. The Labute approximate surface area is 114 Å². The Hall–Kier alpha value is -0.520. The number of nitrogens with zero attached hydrogens (tertiary/aromatic N) is 2. The number of aromatic nitrogens is 2. The highest BCUT2D eigenvalue weighted by Crippen LogP contribution is 2.29. The largest absolute Gasteiger partial charge is 0.175 e. The van der Waals surface area contributed by atoms with E-state index < -0.39 is 0 Å². The molecule has 2 aromatic rings. The van der Waals surface area contributed by atoms with Crippen LogP contribution in [0.1, 0.15) is 16.7 Å². The maximum atomic E-state index is 4.16. The van der Waals surface area contributed by atoms with Gasteiger partial charge in [0.15, 0.2) is 8.68 Å². The smallest absolute Gasteiger partial charge is 0.131 e. The number of thioether (sulfide) groups is 2. The summed E-state index contributed by atoms with van der Waals surface area (Å²) in [4.78, 5) is 0. The maximum absolute atomic E-state index is 4.16. The quantitative estimate of drug-likeness (QED) is 0.786. The number of hydrogen-bond donors (Lipinski definition) is 0. The van der Waals surface area contributed by atoms with E-state index in [0.717, 1.165) is 14.4 Å². The van der Waals surface area contributed by atoms with Gasteiger partial charge in [-0.2, -0.15) is 0 Å². The highest BCUT2D eigenvalue weighted by Gasteiger charge is 2.04. The molecule has 0 bridgehead atoms. The van der Waals surface area contributed by atoms with Gasteiger partial charge in [-0.3, -0.25) is 0 Å². The average molecular weight is 282 g/mol. The Kier molecular flexibility index (Phi) is 4.48. The highest BCUT2D eigenvalue weighted by atomic mass is 32.2. The molecule has 0 aliphatic heterocycles. The molecule has 0 fully saturated rings. The molecule has 0 aliphatic rings. The molecule has 90 valence electrons. The zero-order valence-corrected chi connectivity index (χ0v) is 12.5. The van der Waals surface area contributed by atoms with Crippen molar-refractivity contribution >= 4 is 34.9 Å². The summed E-state index contributed by atoms with van der Waals surface area (Å²) in [5.41, 5.74) is 4.00. The van der Waals surface area contributed by atoms with Crippen LogP contribution in [-0.4, -0.2) is 16.5 Å². The van der Waals surface area contributed by atoms with Crippen LogP contribution in [0, 0.1) is 13.8 Å². The predicted octanol–water partition coefficient (Wildman–Crippen LogP) is 4.17. The van der Waals surface area contributed by atoms with Crippen molar-refractivity contribution in [3.8, 4) is 0 Å². The number of hydrogen-bond acceptors (Lipinski definition) is 5. The van der Waals surface area contributed by atoms with Crippen molar-refractivity contribution in [3.63, 3.8) is 0 Å². The van der Waals surface area contributed by atoms with Crippen LogP contribution in [0.3, 0.4) is 0 Å². The summed E-state index contributed by atoms with van der Waals surface area (Å²) in [5, 5.41) is 8.25. The molecule has 0 atom stereocenters. The summed E-state index contributed by atoms with van der Waals surface area (Å²) >= 11 is 5.07. The van der Waals surface area contributed by atoms with Gasteiger partial charge >= 0.3 is 0 Å². The predicted molar refractivity (Wildman–Crippen MR) is 77.2 cm³/mol. The minimum Gasteiger partial charge on any atom is -0.131 e. The standard InChI is InChI=1S/C12H14N2S3/c1-8-4-9(2)6-10(5-8)7-16-12-14-13-11(15-3)17-12/h4-6H,7H2,1-3H3. The van der Waals surface area contributed by atoms with Crippen LogP contribution < -0.4 is 0 Å². The fourth-order valence-electron chi connectivity index (χ4n) is 1.64. The van der Waals surface area contributed by atoms with Gasteiger partial charge < -0.3 is 0 Å². The minimum absolute atomic E-state index is 0.964. The summed E-state index contributed by atoms with van der Waals surface area (Å²) in [7, 11) is 0. The third-order valence-electron chi connectivity index (χ3n) is 2.21. The van der Waals surface area contributed by atoms with Crippen LogP contribution in [0.15, 0.2) is 26.9 Å². The number of aryl methyl sites for hydroxylation is 2. The first kappa shape index (κ1) is 12.9. The lowest BCUT2D eigenvalue weighted by atomic mass is 10.1. The molecule has 1 aromatic carbocycles. The van der Waals surface area contributed by atoms with E-state index in [4.69, 9.17) is 0 Å². The maximum Gasteiger partial charge on any atom is 0.175 e. The molecule has 1 aromatic heterocycles. The van der Waals surface area contributed by atoms with Gasteiger partial charge in [0.05, 0.1) is 0 Å². The molecule has 0 saturated heterocycles. The zero-order chi connectivity index (χ0) is 12.3. The summed E-state index contributed by atoms with van der Waals surface area (Å²) in [6.45, 7) is 4.27. The molecule has 0 spiro atoms. The molecular weight excluding hydrogens is 268 g/mol. The monoisotopic (exact) mass is 282 g/mol. The Morgan fingerprint density at radius 3 is 2.29 bits per heavy atom. The van der Waals surface area contributed by atoms with E-state index in [1.54, 1.807) is 34.9 Å². The molecule has 0 aliphatic carbocycles. The van der Waals surface area contributed by atoms with Crippen molar-refractivity contribution < 1.29 is 0 Å². The fraction of sp³-hybridized carbons (Fsp3) is 0.333. The van der Waals surface area contributed by atoms with E-state index >= 15 is 0 Å². The third kappa shape index (κ3) is 3.72. The normalized spacial score (nSPS) is 10.8. The van der Waals surface area contributed by atoms with Crippen LogP contribution in [0.4, 0.5) is 0 Å². The van der Waals surface area contributed by atoms with E-state index in [-0.39, 0.29) is 0 Å². The van der Waals surface area contributed by atoms with Gasteiger partial charge in [0, 0.05) is 5.75 Å².